The molecule has 0 aromatic carbocycles. The van der Waals surface area contributed by atoms with Crippen LogP contribution in [0.5, 0.6) is 0 Å². The molecule has 1 N–H and O–H groups in total. The lowest BCUT2D eigenvalue weighted by Crippen LogP contribution is -2.26. The van der Waals surface area contributed by atoms with Crippen LogP contribution in [0.2, 0.25) is 0 Å². The Hall–Kier alpha value is -2.57. The normalized spacial score (nSPS) is 14.5. The van der Waals surface area contributed by atoms with Crippen LogP contribution >= 0.6 is 0 Å². The number of carbonyl (C=O) groups is 1. The van der Waals surface area contributed by atoms with Gasteiger partial charge in [-0.05, 0) is 44.2 Å². The molecule has 3 rings (SSSR count). The molecule has 0 saturated heterocycles. The number of amides is 1. The summed E-state index contributed by atoms with van der Waals surface area (Å²) in [6.45, 7) is 0.636. The Balaban J connectivity index is 1.52. The summed E-state index contributed by atoms with van der Waals surface area (Å²) in [6, 6.07) is 3.33. The highest BCUT2D eigenvalue weighted by molar-refractivity contribution is 5.92. The number of hydrogen-bond acceptors (Lipinski definition) is 5. The van der Waals surface area contributed by atoms with Gasteiger partial charge in [0.25, 0.3) is 5.91 Å². The average molecular weight is 298 g/mol. The largest absolute Gasteiger partial charge is 0.350 e. The molecule has 0 fully saturated rings. The molecule has 114 valence electrons. The third-order valence-electron chi connectivity index (χ3n) is 3.65. The third kappa shape index (κ3) is 3.55. The minimum Gasteiger partial charge on any atom is -0.350 e. The first kappa shape index (κ1) is 14.4. The molecule has 0 radical (unpaired) electrons. The smallest absolute Gasteiger partial charge is 0.271 e. The van der Waals surface area contributed by atoms with Gasteiger partial charge in [-0.3, -0.25) is 4.79 Å². The van der Waals surface area contributed by atoms with E-state index in [2.05, 4.69) is 31.7 Å². The summed E-state index contributed by atoms with van der Waals surface area (Å²) in [5.74, 6) is 0.329. The van der Waals surface area contributed by atoms with E-state index in [0.717, 1.165) is 12.8 Å². The first-order valence-electron chi connectivity index (χ1n) is 7.48. The van der Waals surface area contributed by atoms with Gasteiger partial charge < -0.3 is 5.32 Å². The van der Waals surface area contributed by atoms with Crippen molar-refractivity contribution in [2.24, 2.45) is 0 Å². The fourth-order valence-corrected chi connectivity index (χ4v) is 2.45. The third-order valence-corrected chi connectivity index (χ3v) is 3.65. The van der Waals surface area contributed by atoms with Gasteiger partial charge in [0.15, 0.2) is 11.5 Å². The SMILES string of the molecule is O=C(NCCC1=CCCCC1)c1ccc(-n2cncn2)nn1. The van der Waals surface area contributed by atoms with Crippen LogP contribution in [-0.2, 0) is 0 Å². The molecule has 7 nitrogen and oxygen atoms in total. The zero-order valence-electron chi connectivity index (χ0n) is 12.3. The topological polar surface area (TPSA) is 85.6 Å². The molecule has 0 spiro atoms. The van der Waals surface area contributed by atoms with E-state index in [0.29, 0.717) is 18.1 Å². The minimum absolute atomic E-state index is 0.200. The van der Waals surface area contributed by atoms with Crippen LogP contribution in [0, 0.1) is 0 Å². The first-order valence-corrected chi connectivity index (χ1v) is 7.48. The monoisotopic (exact) mass is 298 g/mol. The highest BCUT2D eigenvalue weighted by atomic mass is 16.1. The molecule has 2 heterocycles. The van der Waals surface area contributed by atoms with E-state index in [1.165, 1.54) is 42.2 Å². The van der Waals surface area contributed by atoms with E-state index in [4.69, 9.17) is 0 Å². The van der Waals surface area contributed by atoms with Gasteiger partial charge in [0.1, 0.15) is 12.7 Å². The molecule has 0 unspecified atom stereocenters. The summed E-state index contributed by atoms with van der Waals surface area (Å²) in [7, 11) is 0. The number of hydrogen-bond donors (Lipinski definition) is 1. The van der Waals surface area contributed by atoms with Crippen molar-refractivity contribution in [3.63, 3.8) is 0 Å². The Labute approximate surface area is 128 Å². The van der Waals surface area contributed by atoms with Gasteiger partial charge in [0.2, 0.25) is 0 Å². The molecule has 1 aliphatic carbocycles. The van der Waals surface area contributed by atoms with Crippen molar-refractivity contribution in [1.82, 2.24) is 30.3 Å². The van der Waals surface area contributed by atoms with Gasteiger partial charge in [-0.2, -0.15) is 5.10 Å². The Morgan fingerprint density at radius 1 is 1.27 bits per heavy atom. The molecule has 0 aliphatic heterocycles. The molecule has 7 heteroatoms. The Morgan fingerprint density at radius 2 is 2.23 bits per heavy atom. The molecule has 1 aliphatic rings. The van der Waals surface area contributed by atoms with Crippen molar-refractivity contribution in [3.05, 3.63) is 42.1 Å². The Morgan fingerprint density at radius 3 is 2.91 bits per heavy atom. The highest BCUT2D eigenvalue weighted by Crippen LogP contribution is 2.19. The van der Waals surface area contributed by atoms with Crippen LogP contribution in [0.15, 0.2) is 36.4 Å². The Bertz CT molecular complexity index is 647. The molecule has 1 amide bonds. The second-order valence-electron chi connectivity index (χ2n) is 5.23. The van der Waals surface area contributed by atoms with E-state index in [-0.39, 0.29) is 5.91 Å². The van der Waals surface area contributed by atoms with E-state index >= 15 is 0 Å². The lowest BCUT2D eigenvalue weighted by molar-refractivity contribution is 0.0948. The first-order chi connectivity index (χ1) is 10.8. The lowest BCUT2D eigenvalue weighted by Gasteiger charge is -2.12. The van der Waals surface area contributed by atoms with E-state index < -0.39 is 0 Å². The standard InChI is InChI=1S/C15H18N6O/c22-15(17-9-8-12-4-2-1-3-5-12)13-6-7-14(20-19-13)21-11-16-10-18-21/h4,6-7,10-11H,1-3,5,8-9H2,(H,17,22). The molecule has 2 aromatic heterocycles. The fraction of sp³-hybridized carbons (Fsp3) is 0.400. The summed E-state index contributed by atoms with van der Waals surface area (Å²) < 4.78 is 1.49. The maximum absolute atomic E-state index is 12.0. The highest BCUT2D eigenvalue weighted by Gasteiger charge is 2.09. The maximum atomic E-state index is 12.0. The second-order valence-corrected chi connectivity index (χ2v) is 5.23. The summed E-state index contributed by atoms with van der Waals surface area (Å²) >= 11 is 0. The van der Waals surface area contributed by atoms with E-state index in [9.17, 15) is 4.79 Å². The van der Waals surface area contributed by atoms with E-state index in [1.807, 2.05) is 0 Å². The van der Waals surface area contributed by atoms with Gasteiger partial charge in [0.05, 0.1) is 0 Å². The van der Waals surface area contributed by atoms with Gasteiger partial charge in [0, 0.05) is 6.54 Å². The van der Waals surface area contributed by atoms with Crippen molar-refractivity contribution in [2.45, 2.75) is 32.1 Å². The number of nitrogens with zero attached hydrogens (tertiary/aromatic N) is 5. The van der Waals surface area contributed by atoms with Crippen LogP contribution in [0.4, 0.5) is 0 Å². The quantitative estimate of drug-likeness (QED) is 0.849. The number of rotatable bonds is 5. The number of allylic oxidation sites excluding steroid dienone is 1. The van der Waals surface area contributed by atoms with Crippen molar-refractivity contribution in [1.29, 1.82) is 0 Å². The summed E-state index contributed by atoms with van der Waals surface area (Å²) in [4.78, 5) is 15.9. The van der Waals surface area contributed by atoms with Crippen LogP contribution in [0.3, 0.4) is 0 Å². The molecule has 0 bridgehead atoms. The molecule has 22 heavy (non-hydrogen) atoms. The van der Waals surface area contributed by atoms with Crippen LogP contribution in [0.25, 0.3) is 5.82 Å². The average Bonchev–Trinajstić information content (AvgIpc) is 3.10. The van der Waals surface area contributed by atoms with Crippen LogP contribution in [0.1, 0.15) is 42.6 Å². The van der Waals surface area contributed by atoms with Crippen LogP contribution < -0.4 is 5.32 Å². The van der Waals surface area contributed by atoms with Crippen molar-refractivity contribution in [3.8, 4) is 5.82 Å². The maximum Gasteiger partial charge on any atom is 0.271 e. The molecular formula is C15H18N6O. The lowest BCUT2D eigenvalue weighted by atomic mass is 9.97. The predicted molar refractivity (Wildman–Crippen MR) is 80.5 cm³/mol. The second kappa shape index (κ2) is 6.93. The van der Waals surface area contributed by atoms with Gasteiger partial charge >= 0.3 is 0 Å². The van der Waals surface area contributed by atoms with Gasteiger partial charge in [-0.25, -0.2) is 9.67 Å². The zero-order valence-corrected chi connectivity index (χ0v) is 12.3. The van der Waals surface area contributed by atoms with E-state index in [1.54, 1.807) is 12.1 Å². The molecular weight excluding hydrogens is 280 g/mol. The molecule has 2 aromatic rings. The van der Waals surface area contributed by atoms with Gasteiger partial charge in [-0.1, -0.05) is 11.6 Å². The minimum atomic E-state index is -0.200. The summed E-state index contributed by atoms with van der Waals surface area (Å²) in [5, 5.41) is 14.8. The molecule has 0 atom stereocenters. The number of nitrogens with one attached hydrogen (secondary N) is 1. The summed E-state index contributed by atoms with van der Waals surface area (Å²) in [5.41, 5.74) is 1.75. The van der Waals surface area contributed by atoms with Crippen molar-refractivity contribution in [2.75, 3.05) is 6.54 Å². The van der Waals surface area contributed by atoms with Crippen molar-refractivity contribution >= 4 is 5.91 Å². The summed E-state index contributed by atoms with van der Waals surface area (Å²) in [6.07, 6.45) is 11.0. The van der Waals surface area contributed by atoms with Gasteiger partial charge in [-0.15, -0.1) is 10.2 Å². The van der Waals surface area contributed by atoms with Crippen molar-refractivity contribution < 1.29 is 4.79 Å². The fourth-order valence-electron chi connectivity index (χ4n) is 2.45. The number of carbonyl (C=O) groups excluding carboxylic acids is 1. The zero-order chi connectivity index (χ0) is 15.2. The van der Waals surface area contributed by atoms with Crippen LogP contribution in [-0.4, -0.2) is 37.4 Å². The number of aromatic nitrogens is 5. The Kier molecular flexibility index (Phi) is 4.53. The molecule has 0 saturated carbocycles. The predicted octanol–water partition coefficient (Wildman–Crippen LogP) is 1.68.